The molecular formula is C25H28FNO5. The minimum atomic E-state index is -0.812. The first-order valence-corrected chi connectivity index (χ1v) is 10.7. The monoisotopic (exact) mass is 441 g/mol. The van der Waals surface area contributed by atoms with Crippen molar-refractivity contribution in [3.8, 4) is 5.75 Å². The van der Waals surface area contributed by atoms with Gasteiger partial charge in [0.05, 0.1) is 18.2 Å². The standard InChI is InChI=1S/C25H28FNO5/c1-3-4-16-32-20-12-8-18(9-13-20)23(28)21-22(17-6-10-19(26)11-7-17)27(14-5-15-31-2)25(30)24(21)29/h6-13,22,28H,3-5,14-16H2,1-2H3/b23-21+. The average molecular weight is 441 g/mol. The van der Waals surface area contributed by atoms with Crippen LogP contribution in [0.1, 0.15) is 43.4 Å². The zero-order valence-electron chi connectivity index (χ0n) is 18.3. The molecule has 1 atom stereocenters. The summed E-state index contributed by atoms with van der Waals surface area (Å²) in [5.41, 5.74) is 0.928. The van der Waals surface area contributed by atoms with Gasteiger partial charge in [-0.25, -0.2) is 4.39 Å². The molecule has 2 aromatic rings. The summed E-state index contributed by atoms with van der Waals surface area (Å²) in [5, 5.41) is 11.0. The van der Waals surface area contributed by atoms with Gasteiger partial charge < -0.3 is 19.5 Å². The zero-order chi connectivity index (χ0) is 23.1. The van der Waals surface area contributed by atoms with Crippen molar-refractivity contribution >= 4 is 17.4 Å². The van der Waals surface area contributed by atoms with E-state index in [9.17, 15) is 19.1 Å². The summed E-state index contributed by atoms with van der Waals surface area (Å²) in [6.07, 6.45) is 2.48. The van der Waals surface area contributed by atoms with E-state index in [0.717, 1.165) is 12.8 Å². The van der Waals surface area contributed by atoms with E-state index >= 15 is 0 Å². The lowest BCUT2D eigenvalue weighted by molar-refractivity contribution is -0.140. The summed E-state index contributed by atoms with van der Waals surface area (Å²) in [5.74, 6) is -1.50. The minimum Gasteiger partial charge on any atom is -0.507 e. The van der Waals surface area contributed by atoms with Gasteiger partial charge in [-0.15, -0.1) is 0 Å². The Morgan fingerprint density at radius 2 is 1.72 bits per heavy atom. The molecule has 1 amide bonds. The molecule has 7 heteroatoms. The molecule has 0 saturated carbocycles. The molecule has 0 aromatic heterocycles. The molecule has 2 aromatic carbocycles. The Labute approximate surface area is 187 Å². The van der Waals surface area contributed by atoms with Crippen LogP contribution < -0.4 is 4.74 Å². The molecule has 1 fully saturated rings. The fraction of sp³-hybridized carbons (Fsp3) is 0.360. The molecule has 1 saturated heterocycles. The van der Waals surface area contributed by atoms with E-state index < -0.39 is 23.5 Å². The van der Waals surface area contributed by atoms with Crippen LogP contribution in [0.25, 0.3) is 5.76 Å². The van der Waals surface area contributed by atoms with E-state index in [-0.39, 0.29) is 17.9 Å². The SMILES string of the molecule is CCCCOc1ccc(/C(O)=C2\C(=O)C(=O)N(CCCOC)C2c2ccc(F)cc2)cc1. The van der Waals surface area contributed by atoms with Crippen molar-refractivity contribution in [1.29, 1.82) is 0 Å². The lowest BCUT2D eigenvalue weighted by atomic mass is 9.95. The van der Waals surface area contributed by atoms with Crippen LogP contribution >= 0.6 is 0 Å². The van der Waals surface area contributed by atoms with Crippen LogP contribution in [0.5, 0.6) is 5.75 Å². The van der Waals surface area contributed by atoms with Gasteiger partial charge in [-0.1, -0.05) is 25.5 Å². The van der Waals surface area contributed by atoms with Crippen LogP contribution in [-0.4, -0.2) is 48.6 Å². The highest BCUT2D eigenvalue weighted by Gasteiger charge is 2.45. The third-order valence-corrected chi connectivity index (χ3v) is 5.37. The number of rotatable bonds is 10. The van der Waals surface area contributed by atoms with Gasteiger partial charge in [-0.3, -0.25) is 9.59 Å². The van der Waals surface area contributed by atoms with Crippen molar-refractivity contribution in [2.45, 2.75) is 32.2 Å². The molecule has 170 valence electrons. The number of amides is 1. The van der Waals surface area contributed by atoms with Crippen LogP contribution in [0.3, 0.4) is 0 Å². The Balaban J connectivity index is 1.98. The Hall–Kier alpha value is -3.19. The highest BCUT2D eigenvalue weighted by molar-refractivity contribution is 6.46. The van der Waals surface area contributed by atoms with E-state index in [1.807, 2.05) is 0 Å². The molecule has 1 unspecified atom stereocenters. The molecule has 1 aliphatic heterocycles. The Kier molecular flexibility index (Phi) is 8.00. The first-order chi connectivity index (χ1) is 15.5. The number of benzene rings is 2. The van der Waals surface area contributed by atoms with Gasteiger partial charge in [0.15, 0.2) is 0 Å². The number of ether oxygens (including phenoxy) is 2. The van der Waals surface area contributed by atoms with E-state index in [2.05, 4.69) is 6.92 Å². The van der Waals surface area contributed by atoms with Gasteiger partial charge in [0.2, 0.25) is 0 Å². The zero-order valence-corrected chi connectivity index (χ0v) is 18.3. The first kappa shape index (κ1) is 23.5. The topological polar surface area (TPSA) is 76.1 Å². The highest BCUT2D eigenvalue weighted by Crippen LogP contribution is 2.39. The molecule has 0 radical (unpaired) electrons. The quantitative estimate of drug-likeness (QED) is 0.255. The first-order valence-electron chi connectivity index (χ1n) is 10.7. The number of aliphatic hydroxyl groups excluding tert-OH is 1. The second-order valence-corrected chi connectivity index (χ2v) is 7.62. The van der Waals surface area contributed by atoms with E-state index in [1.165, 1.54) is 29.2 Å². The molecule has 0 aliphatic carbocycles. The fourth-order valence-corrected chi connectivity index (χ4v) is 3.68. The van der Waals surface area contributed by atoms with E-state index in [4.69, 9.17) is 9.47 Å². The van der Waals surface area contributed by atoms with Gasteiger partial charge in [-0.2, -0.15) is 0 Å². The molecule has 3 rings (SSSR count). The third-order valence-electron chi connectivity index (χ3n) is 5.37. The van der Waals surface area contributed by atoms with Crippen molar-refractivity contribution in [3.63, 3.8) is 0 Å². The van der Waals surface area contributed by atoms with Crippen LogP contribution in [-0.2, 0) is 14.3 Å². The van der Waals surface area contributed by atoms with Crippen LogP contribution in [0.15, 0.2) is 54.1 Å². The number of likely N-dealkylation sites (tertiary alicyclic amines) is 1. The van der Waals surface area contributed by atoms with Crippen molar-refractivity contribution < 1.29 is 28.6 Å². The summed E-state index contributed by atoms with van der Waals surface area (Å²) < 4.78 is 24.2. The van der Waals surface area contributed by atoms with Gasteiger partial charge in [0.25, 0.3) is 11.7 Å². The van der Waals surface area contributed by atoms with E-state index in [1.54, 1.807) is 31.4 Å². The lowest BCUT2D eigenvalue weighted by Crippen LogP contribution is -2.31. The maximum absolute atomic E-state index is 13.5. The number of carbonyl (C=O) groups excluding carboxylic acids is 2. The number of ketones is 1. The number of methoxy groups -OCH3 is 1. The molecule has 1 N–H and O–H groups in total. The Morgan fingerprint density at radius 3 is 2.34 bits per heavy atom. The number of nitrogens with zero attached hydrogens (tertiary/aromatic N) is 1. The largest absolute Gasteiger partial charge is 0.507 e. The third kappa shape index (κ3) is 5.16. The summed E-state index contributed by atoms with van der Waals surface area (Å²) in [6, 6.07) is 11.5. The van der Waals surface area contributed by atoms with Gasteiger partial charge in [0, 0.05) is 25.8 Å². The molecule has 6 nitrogen and oxygen atoms in total. The predicted molar refractivity (Wildman–Crippen MR) is 119 cm³/mol. The van der Waals surface area contributed by atoms with Crippen LogP contribution in [0.4, 0.5) is 4.39 Å². The Morgan fingerprint density at radius 1 is 1.03 bits per heavy atom. The Bertz CT molecular complexity index is 969. The van der Waals surface area contributed by atoms with Crippen molar-refractivity contribution in [1.82, 2.24) is 4.90 Å². The molecule has 1 heterocycles. The molecule has 1 aliphatic rings. The number of hydrogen-bond acceptors (Lipinski definition) is 5. The number of hydrogen-bond donors (Lipinski definition) is 1. The molecule has 0 spiro atoms. The molecular weight excluding hydrogens is 413 g/mol. The number of carbonyl (C=O) groups is 2. The number of aliphatic hydroxyl groups is 1. The summed E-state index contributed by atoms with van der Waals surface area (Å²) in [7, 11) is 1.56. The number of unbranched alkanes of at least 4 members (excludes halogenated alkanes) is 1. The van der Waals surface area contributed by atoms with Gasteiger partial charge >= 0.3 is 0 Å². The van der Waals surface area contributed by atoms with Crippen molar-refractivity contribution in [2.24, 2.45) is 0 Å². The summed E-state index contributed by atoms with van der Waals surface area (Å²) >= 11 is 0. The van der Waals surface area contributed by atoms with Crippen molar-refractivity contribution in [3.05, 3.63) is 71.0 Å². The smallest absolute Gasteiger partial charge is 0.295 e. The fourth-order valence-electron chi connectivity index (χ4n) is 3.68. The van der Waals surface area contributed by atoms with Crippen LogP contribution in [0, 0.1) is 5.82 Å². The lowest BCUT2D eigenvalue weighted by Gasteiger charge is -2.25. The summed E-state index contributed by atoms with van der Waals surface area (Å²) in [6.45, 7) is 3.35. The normalized spacial score (nSPS) is 17.7. The molecule has 0 bridgehead atoms. The second kappa shape index (κ2) is 10.9. The van der Waals surface area contributed by atoms with Crippen LogP contribution in [0.2, 0.25) is 0 Å². The highest BCUT2D eigenvalue weighted by atomic mass is 19.1. The van der Waals surface area contributed by atoms with Crippen molar-refractivity contribution in [2.75, 3.05) is 26.9 Å². The number of halogens is 1. The predicted octanol–water partition coefficient (Wildman–Crippen LogP) is 4.46. The van der Waals surface area contributed by atoms with E-state index in [0.29, 0.717) is 36.5 Å². The minimum absolute atomic E-state index is 0.0151. The maximum Gasteiger partial charge on any atom is 0.295 e. The average Bonchev–Trinajstić information content (AvgIpc) is 3.05. The maximum atomic E-state index is 13.5. The second-order valence-electron chi connectivity index (χ2n) is 7.62. The van der Waals surface area contributed by atoms with Gasteiger partial charge in [-0.05, 0) is 54.8 Å². The molecule has 32 heavy (non-hydrogen) atoms. The number of Topliss-reactive ketones (excluding diaryl/α,β-unsaturated/α-hetero) is 1. The van der Waals surface area contributed by atoms with Gasteiger partial charge in [0.1, 0.15) is 17.3 Å². The summed E-state index contributed by atoms with van der Waals surface area (Å²) in [4.78, 5) is 27.1.